The fourth-order valence-electron chi connectivity index (χ4n) is 3.96. The summed E-state index contributed by atoms with van der Waals surface area (Å²) in [6.07, 6.45) is 2.06. The van der Waals surface area contributed by atoms with Gasteiger partial charge in [-0.05, 0) is 62.2 Å². The van der Waals surface area contributed by atoms with Gasteiger partial charge < -0.3 is 19.1 Å². The molecule has 0 bridgehead atoms. The Kier molecular flexibility index (Phi) is 9.18. The van der Waals surface area contributed by atoms with E-state index in [1.165, 1.54) is 10.4 Å². The second kappa shape index (κ2) is 12.1. The third-order valence-corrected chi connectivity index (χ3v) is 7.74. The smallest absolute Gasteiger partial charge is 0.340 e. The summed E-state index contributed by atoms with van der Waals surface area (Å²) < 4.78 is 43.9. The van der Waals surface area contributed by atoms with Crippen LogP contribution < -0.4 is 14.4 Å². The van der Waals surface area contributed by atoms with Gasteiger partial charge in [0.15, 0.2) is 0 Å². The first kappa shape index (κ1) is 25.8. The van der Waals surface area contributed by atoms with Crippen LogP contribution >= 0.6 is 0 Å². The molecule has 0 aliphatic carbocycles. The van der Waals surface area contributed by atoms with Gasteiger partial charge in [-0.2, -0.15) is 4.31 Å². The van der Waals surface area contributed by atoms with E-state index >= 15 is 0 Å². The predicted molar refractivity (Wildman–Crippen MR) is 131 cm³/mol. The van der Waals surface area contributed by atoms with Crippen LogP contribution in [0.4, 0.5) is 5.69 Å². The fraction of sp³-hybridized carbons (Fsp3) is 0.480. The number of benzene rings is 2. The van der Waals surface area contributed by atoms with E-state index in [2.05, 4.69) is 4.90 Å². The largest absolute Gasteiger partial charge is 0.494 e. The van der Waals surface area contributed by atoms with Crippen molar-refractivity contribution in [1.29, 1.82) is 0 Å². The van der Waals surface area contributed by atoms with Crippen LogP contribution in [0.2, 0.25) is 0 Å². The van der Waals surface area contributed by atoms with E-state index < -0.39 is 16.0 Å². The normalized spacial score (nSPS) is 13.8. The van der Waals surface area contributed by atoms with Crippen molar-refractivity contribution in [2.45, 2.75) is 38.5 Å². The maximum absolute atomic E-state index is 13.0. The summed E-state index contributed by atoms with van der Waals surface area (Å²) >= 11 is 0. The monoisotopic (exact) mass is 490 g/mol. The number of rotatable bonds is 12. The van der Waals surface area contributed by atoms with Crippen molar-refractivity contribution in [2.75, 3.05) is 50.9 Å². The Bertz CT molecular complexity index is 1050. The topological polar surface area (TPSA) is 85.4 Å². The number of ether oxygens (including phenoxy) is 3. The van der Waals surface area contributed by atoms with Crippen LogP contribution in [-0.4, -0.2) is 64.7 Å². The molecule has 186 valence electrons. The Morgan fingerprint density at radius 2 is 1.53 bits per heavy atom. The minimum Gasteiger partial charge on any atom is -0.494 e. The molecule has 3 rings (SSSR count). The van der Waals surface area contributed by atoms with E-state index in [-0.39, 0.29) is 23.7 Å². The Morgan fingerprint density at radius 3 is 2.12 bits per heavy atom. The molecule has 0 radical (unpaired) electrons. The van der Waals surface area contributed by atoms with Crippen LogP contribution in [-0.2, 0) is 14.8 Å². The molecule has 1 aliphatic rings. The molecule has 0 amide bonds. The van der Waals surface area contributed by atoms with Crippen molar-refractivity contribution in [3.63, 3.8) is 0 Å². The minimum absolute atomic E-state index is 0.0402. The van der Waals surface area contributed by atoms with Gasteiger partial charge in [0.2, 0.25) is 10.0 Å². The van der Waals surface area contributed by atoms with Crippen LogP contribution in [0.15, 0.2) is 47.4 Å². The van der Waals surface area contributed by atoms with Gasteiger partial charge in [0, 0.05) is 26.2 Å². The summed E-state index contributed by atoms with van der Waals surface area (Å²) in [5, 5.41) is 0. The molecular weight excluding hydrogens is 456 g/mol. The van der Waals surface area contributed by atoms with Crippen molar-refractivity contribution >= 4 is 21.7 Å². The zero-order valence-corrected chi connectivity index (χ0v) is 21.0. The molecule has 0 atom stereocenters. The van der Waals surface area contributed by atoms with E-state index in [4.69, 9.17) is 14.2 Å². The number of carbonyl (C=O) groups is 1. The number of esters is 1. The van der Waals surface area contributed by atoms with Crippen molar-refractivity contribution in [1.82, 2.24) is 4.31 Å². The third-order valence-electron chi connectivity index (χ3n) is 5.70. The lowest BCUT2D eigenvalue weighted by Crippen LogP contribution is -2.31. The first-order chi connectivity index (χ1) is 16.4. The maximum atomic E-state index is 13.0. The van der Waals surface area contributed by atoms with Gasteiger partial charge in [0.1, 0.15) is 24.7 Å². The highest BCUT2D eigenvalue weighted by Gasteiger charge is 2.27. The zero-order chi connectivity index (χ0) is 24.6. The highest BCUT2D eigenvalue weighted by Crippen LogP contribution is 2.29. The lowest BCUT2D eigenvalue weighted by Gasteiger charge is -2.23. The van der Waals surface area contributed by atoms with Crippen LogP contribution in [0.1, 0.15) is 44.0 Å². The SMILES string of the molecule is CCOc1ccc(OCCOC(=O)c2cc(S(=O)(=O)N(CC)CC)ccc2N2CCCC2)cc1. The summed E-state index contributed by atoms with van der Waals surface area (Å²) in [5.41, 5.74) is 0.963. The van der Waals surface area contributed by atoms with Crippen molar-refractivity contribution in [3.8, 4) is 11.5 Å². The van der Waals surface area contributed by atoms with E-state index in [9.17, 15) is 13.2 Å². The first-order valence-corrected chi connectivity index (χ1v) is 13.3. The summed E-state index contributed by atoms with van der Waals surface area (Å²) in [5.74, 6) is 0.841. The van der Waals surface area contributed by atoms with Crippen LogP contribution in [0.3, 0.4) is 0 Å². The average molecular weight is 491 g/mol. The third kappa shape index (κ3) is 6.21. The van der Waals surface area contributed by atoms with Gasteiger partial charge in [-0.3, -0.25) is 0 Å². The molecule has 0 saturated carbocycles. The molecule has 0 spiro atoms. The standard InChI is InChI=1S/C25H34N2O6S/c1-4-27(5-2)34(29,30)22-13-14-24(26-15-7-8-16-26)23(19-22)25(28)33-18-17-32-21-11-9-20(10-12-21)31-6-3/h9-14,19H,4-8,15-18H2,1-3H3. The molecular formula is C25H34N2O6S. The Morgan fingerprint density at radius 1 is 0.912 bits per heavy atom. The fourth-order valence-corrected chi connectivity index (χ4v) is 5.44. The lowest BCUT2D eigenvalue weighted by molar-refractivity contribution is 0.0451. The van der Waals surface area contributed by atoms with Gasteiger partial charge in [-0.25, -0.2) is 13.2 Å². The van der Waals surface area contributed by atoms with Crippen LogP contribution in [0.5, 0.6) is 11.5 Å². The minimum atomic E-state index is -3.69. The van der Waals surface area contributed by atoms with Gasteiger partial charge in [0.05, 0.1) is 22.8 Å². The number of hydrogen-bond acceptors (Lipinski definition) is 7. The van der Waals surface area contributed by atoms with Gasteiger partial charge >= 0.3 is 5.97 Å². The molecule has 34 heavy (non-hydrogen) atoms. The summed E-state index contributed by atoms with van der Waals surface area (Å²) in [7, 11) is -3.69. The van der Waals surface area contributed by atoms with E-state index in [0.29, 0.717) is 31.1 Å². The Balaban J connectivity index is 1.71. The lowest BCUT2D eigenvalue weighted by atomic mass is 10.1. The van der Waals surface area contributed by atoms with E-state index in [0.717, 1.165) is 31.7 Å². The molecule has 1 saturated heterocycles. The summed E-state index contributed by atoms with van der Waals surface area (Å²) in [4.78, 5) is 15.2. The molecule has 8 nitrogen and oxygen atoms in total. The predicted octanol–water partition coefficient (Wildman–Crippen LogP) is 3.95. The molecule has 1 fully saturated rings. The average Bonchev–Trinajstić information content (AvgIpc) is 3.38. The molecule has 0 aromatic heterocycles. The molecule has 9 heteroatoms. The molecule has 2 aromatic carbocycles. The molecule has 1 aliphatic heterocycles. The number of nitrogens with zero attached hydrogens (tertiary/aromatic N) is 2. The number of hydrogen-bond donors (Lipinski definition) is 0. The second-order valence-corrected chi connectivity index (χ2v) is 9.79. The summed E-state index contributed by atoms with van der Waals surface area (Å²) in [6.45, 7) is 8.67. The number of anilines is 1. The van der Waals surface area contributed by atoms with Crippen LogP contribution in [0.25, 0.3) is 0 Å². The Hall–Kier alpha value is -2.78. The molecule has 0 unspecified atom stereocenters. The maximum Gasteiger partial charge on any atom is 0.340 e. The van der Waals surface area contributed by atoms with E-state index in [1.807, 2.05) is 19.1 Å². The van der Waals surface area contributed by atoms with Crippen molar-refractivity contribution in [2.24, 2.45) is 0 Å². The first-order valence-electron chi connectivity index (χ1n) is 11.8. The van der Waals surface area contributed by atoms with Gasteiger partial charge in [-0.1, -0.05) is 13.8 Å². The van der Waals surface area contributed by atoms with Crippen LogP contribution in [0, 0.1) is 0 Å². The highest BCUT2D eigenvalue weighted by atomic mass is 32.2. The van der Waals surface area contributed by atoms with Crippen molar-refractivity contribution < 1.29 is 27.4 Å². The second-order valence-electron chi connectivity index (χ2n) is 7.85. The zero-order valence-electron chi connectivity index (χ0n) is 20.2. The van der Waals surface area contributed by atoms with Crippen molar-refractivity contribution in [3.05, 3.63) is 48.0 Å². The summed E-state index contributed by atoms with van der Waals surface area (Å²) in [6, 6.07) is 11.9. The highest BCUT2D eigenvalue weighted by molar-refractivity contribution is 7.89. The number of carbonyl (C=O) groups excluding carboxylic acids is 1. The molecule has 1 heterocycles. The quantitative estimate of drug-likeness (QED) is 0.329. The Labute approximate surface area is 202 Å². The molecule has 0 N–H and O–H groups in total. The van der Waals surface area contributed by atoms with E-state index in [1.54, 1.807) is 38.1 Å². The number of sulfonamides is 1. The molecule has 2 aromatic rings. The van der Waals surface area contributed by atoms with Gasteiger partial charge in [-0.15, -0.1) is 0 Å². The van der Waals surface area contributed by atoms with Gasteiger partial charge in [0.25, 0.3) is 0 Å².